The average molecular weight is 238 g/mol. The van der Waals surface area contributed by atoms with Crippen molar-refractivity contribution in [1.29, 1.82) is 0 Å². The van der Waals surface area contributed by atoms with E-state index >= 15 is 0 Å². The molecule has 1 aromatic rings. The van der Waals surface area contributed by atoms with Gasteiger partial charge in [0.25, 0.3) is 0 Å². The van der Waals surface area contributed by atoms with Crippen LogP contribution in [-0.2, 0) is 4.79 Å². The first-order valence-electron chi connectivity index (χ1n) is 5.15. The molecule has 0 bridgehead atoms. The molecule has 0 atom stereocenters. The number of hydrogen-bond acceptors (Lipinski definition) is 6. The largest absolute Gasteiger partial charge is 0.481 e. The molecule has 1 aliphatic rings. The Morgan fingerprint density at radius 3 is 2.29 bits per heavy atom. The number of nitrogens with two attached hydrogens (primary N) is 1. The van der Waals surface area contributed by atoms with E-state index in [1.165, 1.54) is 20.3 Å². The highest BCUT2D eigenvalue weighted by molar-refractivity contribution is 5.98. The first-order valence-corrected chi connectivity index (χ1v) is 5.15. The van der Waals surface area contributed by atoms with Gasteiger partial charge in [-0.1, -0.05) is 0 Å². The minimum Gasteiger partial charge on any atom is -0.481 e. The second-order valence-corrected chi connectivity index (χ2v) is 3.89. The number of carbonyl (C=O) groups is 1. The van der Waals surface area contributed by atoms with E-state index in [2.05, 4.69) is 15.3 Å². The molecule has 17 heavy (non-hydrogen) atoms. The van der Waals surface area contributed by atoms with Crippen LogP contribution < -0.4 is 20.5 Å². The summed E-state index contributed by atoms with van der Waals surface area (Å²) in [5, 5.41) is 2.55. The Bertz CT molecular complexity index is 423. The standard InChI is InChI=1S/C10H14N4O3/c1-16-6-5-7(17-2)13-9(12-6)14-8(15)10(11)3-4-10/h5H,3-4,11H2,1-2H3,(H,12,13,14,15). The molecule has 0 saturated heterocycles. The van der Waals surface area contributed by atoms with E-state index in [9.17, 15) is 4.79 Å². The molecule has 7 nitrogen and oxygen atoms in total. The van der Waals surface area contributed by atoms with Gasteiger partial charge in [0.2, 0.25) is 23.6 Å². The zero-order valence-electron chi connectivity index (χ0n) is 9.69. The number of carbonyl (C=O) groups excluding carboxylic acids is 1. The lowest BCUT2D eigenvalue weighted by molar-refractivity contribution is -0.118. The summed E-state index contributed by atoms with van der Waals surface area (Å²) in [6.45, 7) is 0. The molecule has 92 valence electrons. The van der Waals surface area contributed by atoms with Gasteiger partial charge in [-0.2, -0.15) is 9.97 Å². The van der Waals surface area contributed by atoms with E-state index in [1.807, 2.05) is 0 Å². The van der Waals surface area contributed by atoms with Gasteiger partial charge in [0, 0.05) is 0 Å². The number of rotatable bonds is 4. The van der Waals surface area contributed by atoms with Crippen molar-refractivity contribution in [3.8, 4) is 11.8 Å². The highest BCUT2D eigenvalue weighted by atomic mass is 16.5. The molecule has 2 rings (SSSR count). The van der Waals surface area contributed by atoms with Gasteiger partial charge in [0.05, 0.1) is 25.8 Å². The van der Waals surface area contributed by atoms with Crippen LogP contribution in [0.25, 0.3) is 0 Å². The van der Waals surface area contributed by atoms with Crippen LogP contribution in [0, 0.1) is 0 Å². The molecule has 1 aliphatic carbocycles. The Kier molecular flexibility index (Phi) is 2.84. The SMILES string of the molecule is COc1cc(OC)nc(NC(=O)C2(N)CC2)n1. The van der Waals surface area contributed by atoms with Crippen molar-refractivity contribution in [1.82, 2.24) is 9.97 Å². The van der Waals surface area contributed by atoms with E-state index in [-0.39, 0.29) is 11.9 Å². The molecule has 1 fully saturated rings. The summed E-state index contributed by atoms with van der Waals surface area (Å²) in [6.07, 6.45) is 1.36. The first-order chi connectivity index (χ1) is 8.07. The highest BCUT2D eigenvalue weighted by Crippen LogP contribution is 2.33. The number of anilines is 1. The van der Waals surface area contributed by atoms with Crippen molar-refractivity contribution in [2.45, 2.75) is 18.4 Å². The number of methoxy groups -OCH3 is 2. The normalized spacial score (nSPS) is 16.2. The molecular formula is C10H14N4O3. The summed E-state index contributed by atoms with van der Waals surface area (Å²) >= 11 is 0. The predicted molar refractivity (Wildman–Crippen MR) is 59.9 cm³/mol. The number of hydrogen-bond donors (Lipinski definition) is 2. The second-order valence-electron chi connectivity index (χ2n) is 3.89. The molecule has 0 spiro atoms. The molecule has 0 aromatic carbocycles. The predicted octanol–water partition coefficient (Wildman–Crippen LogP) is -0.0764. The summed E-state index contributed by atoms with van der Waals surface area (Å²) in [5.41, 5.74) is 4.98. The van der Waals surface area contributed by atoms with Gasteiger partial charge in [-0.15, -0.1) is 0 Å². The lowest BCUT2D eigenvalue weighted by atomic mass is 10.3. The van der Waals surface area contributed by atoms with E-state index in [4.69, 9.17) is 15.2 Å². The van der Waals surface area contributed by atoms with Gasteiger partial charge in [0.1, 0.15) is 0 Å². The summed E-state index contributed by atoms with van der Waals surface area (Å²) in [7, 11) is 2.94. The number of aromatic nitrogens is 2. The van der Waals surface area contributed by atoms with Gasteiger partial charge < -0.3 is 15.2 Å². The third kappa shape index (κ3) is 2.44. The molecule has 1 heterocycles. The third-order valence-corrected chi connectivity index (χ3v) is 2.56. The van der Waals surface area contributed by atoms with Gasteiger partial charge in [-0.25, -0.2) is 0 Å². The van der Waals surface area contributed by atoms with Gasteiger partial charge in [-0.05, 0) is 12.8 Å². The van der Waals surface area contributed by atoms with Crippen LogP contribution >= 0.6 is 0 Å². The summed E-state index contributed by atoms with van der Waals surface area (Å²) in [5.74, 6) is 0.471. The molecule has 1 saturated carbocycles. The zero-order valence-corrected chi connectivity index (χ0v) is 9.69. The van der Waals surface area contributed by atoms with Crippen molar-refractivity contribution in [2.24, 2.45) is 5.73 Å². The van der Waals surface area contributed by atoms with E-state index in [0.717, 1.165) is 0 Å². The van der Waals surface area contributed by atoms with Gasteiger partial charge in [0.15, 0.2) is 0 Å². The molecule has 1 aromatic heterocycles. The van der Waals surface area contributed by atoms with Crippen LogP contribution in [0.15, 0.2) is 6.07 Å². The smallest absolute Gasteiger partial charge is 0.246 e. The van der Waals surface area contributed by atoms with Crippen LogP contribution in [0.5, 0.6) is 11.8 Å². The zero-order chi connectivity index (χ0) is 12.5. The maximum atomic E-state index is 11.7. The van der Waals surface area contributed by atoms with Crippen molar-refractivity contribution in [3.63, 3.8) is 0 Å². The summed E-state index contributed by atoms with van der Waals surface area (Å²) in [6, 6.07) is 1.52. The Morgan fingerprint density at radius 2 is 1.88 bits per heavy atom. The van der Waals surface area contributed by atoms with Crippen LogP contribution in [0.1, 0.15) is 12.8 Å². The van der Waals surface area contributed by atoms with Crippen LogP contribution in [0.4, 0.5) is 5.95 Å². The Morgan fingerprint density at radius 1 is 1.35 bits per heavy atom. The Labute approximate surface area is 98.3 Å². The van der Waals surface area contributed by atoms with Crippen LogP contribution in [0.3, 0.4) is 0 Å². The number of nitrogens with zero attached hydrogens (tertiary/aromatic N) is 2. The monoisotopic (exact) mass is 238 g/mol. The second kappa shape index (κ2) is 4.17. The number of ether oxygens (including phenoxy) is 2. The van der Waals surface area contributed by atoms with Crippen molar-refractivity contribution in [2.75, 3.05) is 19.5 Å². The molecule has 0 aliphatic heterocycles. The molecule has 0 unspecified atom stereocenters. The molecule has 3 N–H and O–H groups in total. The lowest BCUT2D eigenvalue weighted by Crippen LogP contribution is -2.38. The van der Waals surface area contributed by atoms with Crippen molar-refractivity contribution >= 4 is 11.9 Å². The number of nitrogens with one attached hydrogen (secondary N) is 1. The van der Waals surface area contributed by atoms with E-state index in [0.29, 0.717) is 24.6 Å². The van der Waals surface area contributed by atoms with Crippen molar-refractivity contribution in [3.05, 3.63) is 6.07 Å². The molecular weight excluding hydrogens is 224 g/mol. The topological polar surface area (TPSA) is 99.4 Å². The maximum Gasteiger partial charge on any atom is 0.246 e. The maximum absolute atomic E-state index is 11.7. The van der Waals surface area contributed by atoms with Crippen LogP contribution in [0.2, 0.25) is 0 Å². The Hall–Kier alpha value is -1.89. The molecule has 7 heteroatoms. The fourth-order valence-corrected chi connectivity index (χ4v) is 1.26. The fourth-order valence-electron chi connectivity index (χ4n) is 1.26. The van der Waals surface area contributed by atoms with Gasteiger partial charge in [-0.3, -0.25) is 10.1 Å². The fraction of sp³-hybridized carbons (Fsp3) is 0.500. The summed E-state index contributed by atoms with van der Waals surface area (Å²) < 4.78 is 9.93. The van der Waals surface area contributed by atoms with E-state index < -0.39 is 5.54 Å². The first kappa shape index (κ1) is 11.6. The third-order valence-electron chi connectivity index (χ3n) is 2.56. The van der Waals surface area contributed by atoms with Gasteiger partial charge >= 0.3 is 0 Å². The average Bonchev–Trinajstić information content (AvgIpc) is 3.08. The minimum atomic E-state index is -0.764. The van der Waals surface area contributed by atoms with Crippen LogP contribution in [-0.4, -0.2) is 35.6 Å². The Balaban J connectivity index is 2.17. The minimum absolute atomic E-state index is 0.128. The molecule has 0 radical (unpaired) electrons. The number of amides is 1. The summed E-state index contributed by atoms with van der Waals surface area (Å²) in [4.78, 5) is 19.7. The van der Waals surface area contributed by atoms with E-state index in [1.54, 1.807) is 0 Å². The molecule has 1 amide bonds. The highest BCUT2D eigenvalue weighted by Gasteiger charge is 2.46. The van der Waals surface area contributed by atoms with Crippen molar-refractivity contribution < 1.29 is 14.3 Å². The quantitative estimate of drug-likeness (QED) is 0.761. The lowest BCUT2D eigenvalue weighted by Gasteiger charge is -2.10.